The highest BCUT2D eigenvalue weighted by Crippen LogP contribution is 2.55. The predicted octanol–water partition coefficient (Wildman–Crippen LogP) is 10.2. The van der Waals surface area contributed by atoms with Gasteiger partial charge in [0.1, 0.15) is 6.17 Å². The summed E-state index contributed by atoms with van der Waals surface area (Å²) in [6.45, 7) is 6.97. The lowest BCUT2D eigenvalue weighted by Gasteiger charge is -2.51. The second kappa shape index (κ2) is 13.8. The highest BCUT2D eigenvalue weighted by molar-refractivity contribution is 5.70. The third kappa shape index (κ3) is 6.49. The number of rotatable bonds is 11. The van der Waals surface area contributed by atoms with Crippen molar-refractivity contribution in [1.82, 2.24) is 0 Å². The van der Waals surface area contributed by atoms with Crippen LogP contribution in [0.5, 0.6) is 0 Å². The first-order valence-electron chi connectivity index (χ1n) is 16.4. The predicted molar refractivity (Wildman–Crippen MR) is 156 cm³/mol. The Kier molecular flexibility index (Phi) is 10.7. The molecule has 0 saturated heterocycles. The van der Waals surface area contributed by atoms with E-state index in [0.717, 1.165) is 24.7 Å². The first-order valence-corrected chi connectivity index (χ1v) is 16.4. The van der Waals surface area contributed by atoms with Crippen LogP contribution in [-0.4, -0.2) is 17.2 Å². The molecule has 0 heterocycles. The molecule has 0 aliphatic heterocycles. The number of unbranched alkanes of at least 4 members (excludes halogenated alkanes) is 2. The number of hydrogen-bond acceptors (Lipinski definition) is 1. The molecule has 214 valence electrons. The topological polar surface area (TPSA) is 37.3 Å². The SMILES string of the molecule is CCCCCC1CCC(C2(c3ccccc3C(C)C3CCC(CCC)CC3)CCC(C(=O)O)CC2F)CC1. The van der Waals surface area contributed by atoms with E-state index in [1.807, 2.05) is 0 Å². The van der Waals surface area contributed by atoms with E-state index >= 15 is 4.39 Å². The summed E-state index contributed by atoms with van der Waals surface area (Å²) >= 11 is 0. The van der Waals surface area contributed by atoms with E-state index in [9.17, 15) is 9.90 Å². The standard InChI is InChI=1S/C35H55FO2/c1-4-6-7-11-27-16-20-30(21-17-27)35(23-22-29(34(37)38)24-33(35)36)32-13-9-8-12-31(32)25(3)28-18-14-26(10-5-2)15-19-28/h8-9,12-13,25-30,33H,4-7,10-11,14-24H2,1-3H3,(H,37,38). The molecule has 0 radical (unpaired) electrons. The molecule has 4 atom stereocenters. The van der Waals surface area contributed by atoms with Crippen LogP contribution >= 0.6 is 0 Å². The summed E-state index contributed by atoms with van der Waals surface area (Å²) in [5.74, 6) is 1.75. The number of carbonyl (C=O) groups is 1. The fraction of sp³-hybridized carbons (Fsp3) is 0.800. The number of halogens is 1. The molecule has 2 nitrogen and oxygen atoms in total. The first kappa shape index (κ1) is 29.6. The lowest BCUT2D eigenvalue weighted by atomic mass is 9.54. The van der Waals surface area contributed by atoms with Crippen LogP contribution in [-0.2, 0) is 10.2 Å². The summed E-state index contributed by atoms with van der Waals surface area (Å²) in [6, 6.07) is 8.83. The fourth-order valence-corrected chi connectivity index (χ4v) is 8.96. The molecule has 1 N–H and O–H groups in total. The van der Waals surface area contributed by atoms with Crippen molar-refractivity contribution in [3.05, 3.63) is 35.4 Å². The number of alkyl halides is 1. The van der Waals surface area contributed by atoms with Gasteiger partial charge in [0.05, 0.1) is 5.92 Å². The molecular formula is C35H55FO2. The second-order valence-electron chi connectivity index (χ2n) is 13.5. The molecule has 0 aromatic heterocycles. The highest BCUT2D eigenvalue weighted by atomic mass is 19.1. The maximum atomic E-state index is 16.7. The Labute approximate surface area is 232 Å². The average Bonchev–Trinajstić information content (AvgIpc) is 2.94. The van der Waals surface area contributed by atoms with Gasteiger partial charge in [-0.2, -0.15) is 0 Å². The van der Waals surface area contributed by atoms with Gasteiger partial charge >= 0.3 is 5.97 Å². The monoisotopic (exact) mass is 526 g/mol. The number of hydrogen-bond donors (Lipinski definition) is 1. The zero-order chi connectivity index (χ0) is 27.1. The number of carboxylic acids is 1. The van der Waals surface area contributed by atoms with Crippen LogP contribution in [0.4, 0.5) is 4.39 Å². The van der Waals surface area contributed by atoms with E-state index in [4.69, 9.17) is 0 Å². The van der Waals surface area contributed by atoms with Crippen LogP contribution < -0.4 is 0 Å². The normalized spacial score (nSPS) is 35.1. The summed E-state index contributed by atoms with van der Waals surface area (Å²) < 4.78 is 16.7. The third-order valence-corrected chi connectivity index (χ3v) is 11.3. The van der Waals surface area contributed by atoms with E-state index in [2.05, 4.69) is 45.0 Å². The van der Waals surface area contributed by atoms with Gasteiger partial charge in [0, 0.05) is 5.41 Å². The molecule has 0 bridgehead atoms. The Morgan fingerprint density at radius 1 is 0.921 bits per heavy atom. The van der Waals surface area contributed by atoms with Crippen LogP contribution in [0.2, 0.25) is 0 Å². The van der Waals surface area contributed by atoms with Crippen LogP contribution in [0.25, 0.3) is 0 Å². The summed E-state index contributed by atoms with van der Waals surface area (Å²) in [6.07, 6.45) is 18.1. The molecule has 3 aliphatic carbocycles. The zero-order valence-corrected chi connectivity index (χ0v) is 24.6. The first-order chi connectivity index (χ1) is 18.4. The molecule has 3 saturated carbocycles. The zero-order valence-electron chi connectivity index (χ0n) is 24.6. The highest BCUT2D eigenvalue weighted by Gasteiger charge is 2.53. The maximum absolute atomic E-state index is 16.7. The van der Waals surface area contributed by atoms with Gasteiger partial charge in [-0.25, -0.2) is 4.39 Å². The van der Waals surface area contributed by atoms with Gasteiger partial charge in [0.2, 0.25) is 0 Å². The van der Waals surface area contributed by atoms with Crippen molar-refractivity contribution in [2.24, 2.45) is 29.6 Å². The molecule has 3 fully saturated rings. The number of carboxylic acid groups (broad SMARTS) is 1. The lowest BCUT2D eigenvalue weighted by molar-refractivity contribution is -0.145. The lowest BCUT2D eigenvalue weighted by Crippen LogP contribution is -2.50. The molecule has 1 aromatic carbocycles. The van der Waals surface area contributed by atoms with Gasteiger partial charge in [-0.05, 0) is 85.7 Å². The molecule has 38 heavy (non-hydrogen) atoms. The average molecular weight is 527 g/mol. The number of aliphatic carboxylic acids is 1. The Bertz CT molecular complexity index is 866. The third-order valence-electron chi connectivity index (χ3n) is 11.3. The molecule has 0 amide bonds. The van der Waals surface area contributed by atoms with Gasteiger partial charge in [-0.1, -0.05) is 109 Å². The van der Waals surface area contributed by atoms with Crippen molar-refractivity contribution >= 4 is 5.97 Å². The fourth-order valence-electron chi connectivity index (χ4n) is 8.96. The van der Waals surface area contributed by atoms with Crippen LogP contribution in [0.1, 0.15) is 147 Å². The van der Waals surface area contributed by atoms with Gasteiger partial charge in [0.15, 0.2) is 0 Å². The number of benzene rings is 1. The van der Waals surface area contributed by atoms with Gasteiger partial charge in [-0.15, -0.1) is 0 Å². The Morgan fingerprint density at radius 2 is 1.58 bits per heavy atom. The maximum Gasteiger partial charge on any atom is 0.306 e. The Balaban J connectivity index is 1.60. The van der Waals surface area contributed by atoms with Crippen LogP contribution in [0, 0.1) is 29.6 Å². The van der Waals surface area contributed by atoms with Crippen molar-refractivity contribution in [2.45, 2.75) is 147 Å². The molecule has 4 rings (SSSR count). The Hall–Kier alpha value is -1.38. The van der Waals surface area contributed by atoms with E-state index in [0.29, 0.717) is 30.6 Å². The van der Waals surface area contributed by atoms with Crippen molar-refractivity contribution in [3.63, 3.8) is 0 Å². The molecule has 1 aromatic rings. The largest absolute Gasteiger partial charge is 0.481 e. The van der Waals surface area contributed by atoms with E-state index in [-0.39, 0.29) is 6.42 Å². The molecule has 4 unspecified atom stereocenters. The van der Waals surface area contributed by atoms with Crippen LogP contribution in [0.3, 0.4) is 0 Å². The minimum atomic E-state index is -1.08. The second-order valence-corrected chi connectivity index (χ2v) is 13.5. The van der Waals surface area contributed by atoms with E-state index < -0.39 is 23.5 Å². The Morgan fingerprint density at radius 3 is 2.21 bits per heavy atom. The molecule has 3 heteroatoms. The minimum absolute atomic E-state index is 0.177. The summed E-state index contributed by atoms with van der Waals surface area (Å²) in [7, 11) is 0. The van der Waals surface area contributed by atoms with Crippen molar-refractivity contribution in [1.29, 1.82) is 0 Å². The van der Waals surface area contributed by atoms with E-state index in [1.54, 1.807) is 0 Å². The summed E-state index contributed by atoms with van der Waals surface area (Å²) in [5.41, 5.74) is 2.09. The molecule has 3 aliphatic rings. The smallest absolute Gasteiger partial charge is 0.306 e. The van der Waals surface area contributed by atoms with Crippen molar-refractivity contribution < 1.29 is 14.3 Å². The summed E-state index contributed by atoms with van der Waals surface area (Å²) in [5, 5.41) is 9.75. The van der Waals surface area contributed by atoms with Crippen molar-refractivity contribution in [3.8, 4) is 0 Å². The summed E-state index contributed by atoms with van der Waals surface area (Å²) in [4.78, 5) is 11.9. The van der Waals surface area contributed by atoms with Crippen LogP contribution in [0.15, 0.2) is 24.3 Å². The van der Waals surface area contributed by atoms with Gasteiger partial charge < -0.3 is 5.11 Å². The molecular weight excluding hydrogens is 471 g/mol. The van der Waals surface area contributed by atoms with Gasteiger partial charge in [0.25, 0.3) is 0 Å². The van der Waals surface area contributed by atoms with Crippen molar-refractivity contribution in [2.75, 3.05) is 0 Å². The molecule has 0 spiro atoms. The van der Waals surface area contributed by atoms with E-state index in [1.165, 1.54) is 88.2 Å². The quantitative estimate of drug-likeness (QED) is 0.291. The van der Waals surface area contributed by atoms with Gasteiger partial charge in [-0.3, -0.25) is 4.79 Å². The minimum Gasteiger partial charge on any atom is -0.481 e.